The second-order valence-electron chi connectivity index (χ2n) is 9.52. The van der Waals surface area contributed by atoms with Gasteiger partial charge < -0.3 is 9.32 Å². The lowest BCUT2D eigenvalue weighted by Gasteiger charge is -2.41. The van der Waals surface area contributed by atoms with Crippen LogP contribution >= 0.6 is 27.7 Å². The van der Waals surface area contributed by atoms with Crippen LogP contribution in [0.2, 0.25) is 0 Å². The Morgan fingerprint density at radius 2 is 1.74 bits per heavy atom. The molecule has 0 aliphatic heterocycles. The minimum absolute atomic E-state index is 0.268. The second-order valence-corrected chi connectivity index (χ2v) is 11.4. The first-order valence-corrected chi connectivity index (χ1v) is 14.5. The molecule has 0 radical (unpaired) electrons. The number of fused-ring (bicyclic) bond motifs is 1. The third-order valence-electron chi connectivity index (χ3n) is 7.28. The van der Waals surface area contributed by atoms with Crippen molar-refractivity contribution in [2.24, 2.45) is 0 Å². The molecule has 2 heterocycles. The first-order valence-electron chi connectivity index (χ1n) is 12.7. The van der Waals surface area contributed by atoms with Crippen molar-refractivity contribution in [1.29, 1.82) is 0 Å². The number of nitrogens with zero attached hydrogens (tertiary/aromatic N) is 4. The average molecular weight is 546 g/mol. The highest BCUT2D eigenvalue weighted by Gasteiger charge is 2.32. The molecule has 0 unspecified atom stereocenters. The van der Waals surface area contributed by atoms with Crippen molar-refractivity contribution in [3.05, 3.63) is 28.7 Å². The molecule has 3 aromatic rings. The fourth-order valence-corrected chi connectivity index (χ4v) is 6.86. The number of halogens is 1. The summed E-state index contributed by atoms with van der Waals surface area (Å²) in [5, 5.41) is 10.7. The minimum Gasteiger partial charge on any atom is -0.453 e. The van der Waals surface area contributed by atoms with Gasteiger partial charge in [0.15, 0.2) is 10.9 Å². The van der Waals surface area contributed by atoms with Crippen molar-refractivity contribution in [3.8, 4) is 11.6 Å². The molecule has 5 rings (SSSR count). The molecule has 0 spiro atoms. The van der Waals surface area contributed by atoms with Crippen LogP contribution < -0.4 is 0 Å². The second kappa shape index (κ2) is 10.9. The third-order valence-corrected chi connectivity index (χ3v) is 8.73. The smallest absolute Gasteiger partial charge is 0.233 e. The predicted octanol–water partition coefficient (Wildman–Crippen LogP) is 7.06. The van der Waals surface area contributed by atoms with E-state index in [4.69, 9.17) is 4.42 Å². The molecule has 34 heavy (non-hydrogen) atoms. The van der Waals surface area contributed by atoms with Gasteiger partial charge in [-0.3, -0.25) is 9.36 Å². The Bertz CT molecular complexity index is 1110. The van der Waals surface area contributed by atoms with Gasteiger partial charge in [0.2, 0.25) is 11.7 Å². The Kier molecular flexibility index (Phi) is 7.64. The molecular formula is C26H33BrN4O2S. The Morgan fingerprint density at radius 3 is 2.38 bits per heavy atom. The van der Waals surface area contributed by atoms with Crippen LogP contribution in [0.25, 0.3) is 22.6 Å². The van der Waals surface area contributed by atoms with Crippen LogP contribution in [-0.2, 0) is 11.3 Å². The van der Waals surface area contributed by atoms with Gasteiger partial charge in [-0.25, -0.2) is 0 Å². The van der Waals surface area contributed by atoms with Gasteiger partial charge in [-0.2, -0.15) is 0 Å². The Morgan fingerprint density at radius 1 is 1.06 bits per heavy atom. The van der Waals surface area contributed by atoms with Gasteiger partial charge in [-0.15, -0.1) is 10.2 Å². The van der Waals surface area contributed by atoms with Crippen LogP contribution in [0.15, 0.2) is 38.3 Å². The number of hydrogen-bond donors (Lipinski definition) is 0. The summed E-state index contributed by atoms with van der Waals surface area (Å²) in [6.07, 6.45) is 12.2. The van der Waals surface area contributed by atoms with Gasteiger partial charge in [-0.1, -0.05) is 66.2 Å². The predicted molar refractivity (Wildman–Crippen MR) is 140 cm³/mol. The highest BCUT2D eigenvalue weighted by atomic mass is 79.9. The zero-order valence-corrected chi connectivity index (χ0v) is 22.2. The lowest BCUT2D eigenvalue weighted by Crippen LogP contribution is -2.49. The monoisotopic (exact) mass is 544 g/mol. The van der Waals surface area contributed by atoms with Crippen molar-refractivity contribution in [1.82, 2.24) is 19.7 Å². The molecule has 8 heteroatoms. The molecule has 0 bridgehead atoms. The summed E-state index contributed by atoms with van der Waals surface area (Å²) in [4.78, 5) is 15.9. The van der Waals surface area contributed by atoms with Crippen molar-refractivity contribution in [3.63, 3.8) is 0 Å². The van der Waals surface area contributed by atoms with E-state index in [0.29, 0.717) is 36.0 Å². The standard InChI is InChI=1S/C26H33BrN4O2S/c1-2-30-25(23-16-18-15-19(27)13-14-22(18)33-23)28-29-26(30)34-17-24(32)31(20-9-5-3-6-10-20)21-11-7-4-8-12-21/h13-16,20-21H,2-12,17H2,1H3. The summed E-state index contributed by atoms with van der Waals surface area (Å²) >= 11 is 5.03. The van der Waals surface area contributed by atoms with Gasteiger partial charge in [-0.05, 0) is 56.9 Å². The number of aromatic nitrogens is 3. The number of rotatable bonds is 7. The molecule has 2 fully saturated rings. The quantitative estimate of drug-likeness (QED) is 0.298. The zero-order valence-electron chi connectivity index (χ0n) is 19.8. The SMILES string of the molecule is CCn1c(SCC(=O)N(C2CCCCC2)C2CCCCC2)nnc1-c1cc2cc(Br)ccc2o1. The molecule has 2 aromatic heterocycles. The first-order chi connectivity index (χ1) is 16.6. The van der Waals surface area contributed by atoms with E-state index in [-0.39, 0.29) is 5.91 Å². The van der Waals surface area contributed by atoms with Crippen molar-refractivity contribution in [2.45, 2.75) is 94.9 Å². The number of carbonyl (C=O) groups is 1. The van der Waals surface area contributed by atoms with Crippen LogP contribution in [0.5, 0.6) is 0 Å². The fraction of sp³-hybridized carbons (Fsp3) is 0.577. The van der Waals surface area contributed by atoms with Crippen molar-refractivity contribution >= 4 is 44.6 Å². The number of thioether (sulfide) groups is 1. The van der Waals surface area contributed by atoms with Crippen LogP contribution in [0, 0.1) is 0 Å². The topological polar surface area (TPSA) is 64.2 Å². The van der Waals surface area contributed by atoms with Gasteiger partial charge in [0.05, 0.1) is 5.75 Å². The van der Waals surface area contributed by atoms with Crippen LogP contribution in [0.1, 0.15) is 71.1 Å². The van der Waals surface area contributed by atoms with E-state index in [2.05, 4.69) is 42.5 Å². The normalized spacial score (nSPS) is 17.9. The van der Waals surface area contributed by atoms with Crippen LogP contribution in [-0.4, -0.2) is 43.4 Å². The molecule has 1 aromatic carbocycles. The maximum absolute atomic E-state index is 13.6. The van der Waals surface area contributed by atoms with E-state index in [0.717, 1.165) is 46.3 Å². The van der Waals surface area contributed by atoms with E-state index >= 15 is 0 Å². The summed E-state index contributed by atoms with van der Waals surface area (Å²) in [6, 6.07) is 8.80. The van der Waals surface area contributed by atoms with Crippen molar-refractivity contribution in [2.75, 3.05) is 5.75 Å². The molecule has 2 saturated carbocycles. The molecule has 182 valence electrons. The molecule has 0 N–H and O–H groups in total. The maximum atomic E-state index is 13.6. The van der Waals surface area contributed by atoms with E-state index in [9.17, 15) is 4.79 Å². The number of furan rings is 1. The molecule has 6 nitrogen and oxygen atoms in total. The molecular weight excluding hydrogens is 512 g/mol. The van der Waals surface area contributed by atoms with E-state index in [1.165, 1.54) is 50.3 Å². The highest BCUT2D eigenvalue weighted by Crippen LogP contribution is 2.33. The Labute approximate surface area is 214 Å². The molecule has 0 saturated heterocycles. The Balaban J connectivity index is 1.33. The van der Waals surface area contributed by atoms with E-state index in [1.54, 1.807) is 0 Å². The van der Waals surface area contributed by atoms with E-state index in [1.807, 2.05) is 24.3 Å². The molecule has 0 atom stereocenters. The summed E-state index contributed by atoms with van der Waals surface area (Å²) < 4.78 is 9.12. The van der Waals surface area contributed by atoms with Gasteiger partial charge in [0.25, 0.3) is 0 Å². The summed E-state index contributed by atoms with van der Waals surface area (Å²) in [6.45, 7) is 2.79. The Hall–Kier alpha value is -1.80. The fourth-order valence-electron chi connectivity index (χ4n) is 5.61. The first kappa shape index (κ1) is 23.9. The van der Waals surface area contributed by atoms with Gasteiger partial charge in [0, 0.05) is 28.5 Å². The van der Waals surface area contributed by atoms with Gasteiger partial charge >= 0.3 is 0 Å². The minimum atomic E-state index is 0.268. The number of benzene rings is 1. The van der Waals surface area contributed by atoms with Crippen molar-refractivity contribution < 1.29 is 9.21 Å². The maximum Gasteiger partial charge on any atom is 0.233 e. The van der Waals surface area contributed by atoms with Crippen LogP contribution in [0.3, 0.4) is 0 Å². The average Bonchev–Trinajstić information content (AvgIpc) is 3.47. The third kappa shape index (κ3) is 5.08. The number of hydrogen-bond acceptors (Lipinski definition) is 5. The molecule has 2 aliphatic carbocycles. The summed E-state index contributed by atoms with van der Waals surface area (Å²) in [5.74, 6) is 2.09. The summed E-state index contributed by atoms with van der Waals surface area (Å²) in [5.41, 5.74) is 0.823. The van der Waals surface area contributed by atoms with Crippen LogP contribution in [0.4, 0.5) is 0 Å². The summed E-state index contributed by atoms with van der Waals surface area (Å²) in [7, 11) is 0. The molecule has 2 aliphatic rings. The van der Waals surface area contributed by atoms with E-state index < -0.39 is 0 Å². The largest absolute Gasteiger partial charge is 0.453 e. The number of carbonyl (C=O) groups excluding carboxylic acids is 1. The lowest BCUT2D eigenvalue weighted by molar-refractivity contribution is -0.135. The highest BCUT2D eigenvalue weighted by molar-refractivity contribution is 9.10. The number of amides is 1. The molecule has 1 amide bonds. The zero-order chi connectivity index (χ0) is 23.5. The van der Waals surface area contributed by atoms with Gasteiger partial charge in [0.1, 0.15) is 5.58 Å². The lowest BCUT2D eigenvalue weighted by atomic mass is 9.88.